The number of fused-ring (bicyclic) bond motifs is 5. The monoisotopic (exact) mass is 550 g/mol. The summed E-state index contributed by atoms with van der Waals surface area (Å²) in [7, 11) is 0. The van der Waals surface area contributed by atoms with Gasteiger partial charge >= 0.3 is 0 Å². The molecule has 0 spiro atoms. The highest BCUT2D eigenvalue weighted by molar-refractivity contribution is 6.42. The van der Waals surface area contributed by atoms with Crippen molar-refractivity contribution in [2.24, 2.45) is 5.41 Å². The molecule has 39 heavy (non-hydrogen) atoms. The van der Waals surface area contributed by atoms with Gasteiger partial charge in [0.15, 0.2) is 5.78 Å². The van der Waals surface area contributed by atoms with Crippen molar-refractivity contribution in [1.29, 1.82) is 0 Å². The summed E-state index contributed by atoms with van der Waals surface area (Å²) in [4.78, 5) is 13.9. The number of allylic oxidation sites excluding steroid dienone is 1. The van der Waals surface area contributed by atoms with E-state index in [1.165, 1.54) is 21.9 Å². The fourth-order valence-electron chi connectivity index (χ4n) is 6.54. The highest BCUT2D eigenvalue weighted by atomic mass is 35.5. The van der Waals surface area contributed by atoms with E-state index in [-0.39, 0.29) is 17.2 Å². The number of aromatic nitrogens is 1. The minimum atomic E-state index is -0.225. The number of ketones is 1. The Labute approximate surface area is 238 Å². The minimum Gasteiger partial charge on any atom is -0.373 e. The van der Waals surface area contributed by atoms with Crippen molar-refractivity contribution in [3.8, 4) is 0 Å². The SMILES string of the molecule is CC1(C)CC(=O)C2=C(C1)c1c(ccc3ccccc13)N[C@@H]2c1cn(Cc2ccc(Cl)c(Cl)c2)c2ccccc12. The average molecular weight is 552 g/mol. The summed E-state index contributed by atoms with van der Waals surface area (Å²) in [5, 5.41) is 8.45. The summed E-state index contributed by atoms with van der Waals surface area (Å²) in [5.41, 5.74) is 7.59. The van der Waals surface area contributed by atoms with Crippen LogP contribution in [0.25, 0.3) is 27.2 Å². The lowest BCUT2D eigenvalue weighted by atomic mass is 9.68. The third-order valence-electron chi connectivity index (χ3n) is 8.21. The second kappa shape index (κ2) is 9.01. The van der Waals surface area contributed by atoms with Gasteiger partial charge in [-0.15, -0.1) is 0 Å². The van der Waals surface area contributed by atoms with Crippen LogP contribution in [0.4, 0.5) is 5.69 Å². The predicted molar refractivity (Wildman–Crippen MR) is 163 cm³/mol. The predicted octanol–water partition coefficient (Wildman–Crippen LogP) is 9.46. The molecule has 0 amide bonds. The Kier molecular flexibility index (Phi) is 5.66. The zero-order chi connectivity index (χ0) is 26.9. The van der Waals surface area contributed by atoms with Crippen LogP contribution < -0.4 is 5.32 Å². The number of anilines is 1. The van der Waals surface area contributed by atoms with Gasteiger partial charge in [0.2, 0.25) is 0 Å². The number of Topliss-reactive ketones (excluding diaryl/α,β-unsaturated/α-hetero) is 1. The molecule has 1 N–H and O–H groups in total. The summed E-state index contributed by atoms with van der Waals surface area (Å²) in [6.07, 6.45) is 3.62. The van der Waals surface area contributed by atoms with Crippen LogP contribution in [0.5, 0.6) is 0 Å². The van der Waals surface area contributed by atoms with Crippen LogP contribution in [0.1, 0.15) is 49.4 Å². The molecule has 7 rings (SSSR count). The van der Waals surface area contributed by atoms with Gasteiger partial charge in [-0.1, -0.05) is 91.6 Å². The number of carbonyl (C=O) groups is 1. The van der Waals surface area contributed by atoms with Crippen LogP contribution in [-0.4, -0.2) is 10.4 Å². The van der Waals surface area contributed by atoms with Crippen molar-refractivity contribution in [2.75, 3.05) is 5.32 Å². The zero-order valence-corrected chi connectivity index (χ0v) is 23.4. The molecule has 5 aromatic rings. The number of nitrogens with one attached hydrogen (secondary N) is 1. The molecule has 1 aliphatic carbocycles. The van der Waals surface area contributed by atoms with E-state index in [1.807, 2.05) is 18.2 Å². The van der Waals surface area contributed by atoms with Gasteiger partial charge in [0.1, 0.15) is 0 Å². The Morgan fingerprint density at radius 1 is 0.897 bits per heavy atom. The smallest absolute Gasteiger partial charge is 0.162 e. The molecule has 1 atom stereocenters. The van der Waals surface area contributed by atoms with E-state index in [4.69, 9.17) is 23.2 Å². The lowest BCUT2D eigenvalue weighted by Crippen LogP contribution is -2.33. The molecule has 1 aliphatic heterocycles. The molecule has 194 valence electrons. The topological polar surface area (TPSA) is 34.0 Å². The van der Waals surface area contributed by atoms with Crippen molar-refractivity contribution in [3.05, 3.63) is 117 Å². The molecule has 3 nitrogen and oxygen atoms in total. The van der Waals surface area contributed by atoms with Gasteiger partial charge in [0, 0.05) is 52.5 Å². The fraction of sp³-hybridized carbons (Fsp3) is 0.206. The van der Waals surface area contributed by atoms with Crippen LogP contribution in [0.2, 0.25) is 10.0 Å². The summed E-state index contributed by atoms with van der Waals surface area (Å²) >= 11 is 12.5. The second-order valence-corrected chi connectivity index (χ2v) is 12.4. The summed E-state index contributed by atoms with van der Waals surface area (Å²) in [6.45, 7) is 5.07. The minimum absolute atomic E-state index is 0.0894. The fourth-order valence-corrected chi connectivity index (χ4v) is 6.86. The van der Waals surface area contributed by atoms with Crippen molar-refractivity contribution in [3.63, 3.8) is 0 Å². The van der Waals surface area contributed by atoms with Crippen LogP contribution >= 0.6 is 23.2 Å². The number of nitrogens with zero attached hydrogens (tertiary/aromatic N) is 1. The van der Waals surface area contributed by atoms with E-state index in [0.717, 1.165) is 39.7 Å². The van der Waals surface area contributed by atoms with E-state index in [2.05, 4.69) is 90.6 Å². The van der Waals surface area contributed by atoms with Crippen LogP contribution in [0, 0.1) is 5.41 Å². The molecule has 1 aromatic heterocycles. The lowest BCUT2D eigenvalue weighted by molar-refractivity contribution is -0.118. The molecule has 2 heterocycles. The first kappa shape index (κ1) is 24.5. The summed E-state index contributed by atoms with van der Waals surface area (Å²) < 4.78 is 2.25. The van der Waals surface area contributed by atoms with Crippen molar-refractivity contribution in [1.82, 2.24) is 4.57 Å². The molecule has 0 bridgehead atoms. The molecule has 5 heteroatoms. The first-order valence-electron chi connectivity index (χ1n) is 13.4. The largest absolute Gasteiger partial charge is 0.373 e. The van der Waals surface area contributed by atoms with Gasteiger partial charge in [0.05, 0.1) is 16.1 Å². The molecule has 0 unspecified atom stereocenters. The number of rotatable bonds is 3. The van der Waals surface area contributed by atoms with Gasteiger partial charge in [0.25, 0.3) is 0 Å². The molecule has 0 saturated heterocycles. The maximum absolute atomic E-state index is 13.9. The average Bonchev–Trinajstić information content (AvgIpc) is 3.27. The third-order valence-corrected chi connectivity index (χ3v) is 8.95. The van der Waals surface area contributed by atoms with E-state index < -0.39 is 0 Å². The van der Waals surface area contributed by atoms with E-state index in [0.29, 0.717) is 23.0 Å². The van der Waals surface area contributed by atoms with Gasteiger partial charge in [-0.2, -0.15) is 0 Å². The molecular formula is C34H28Cl2N2O. The Hall–Kier alpha value is -3.53. The molecule has 0 saturated carbocycles. The molecule has 4 aromatic carbocycles. The Balaban J connectivity index is 1.43. The van der Waals surface area contributed by atoms with E-state index >= 15 is 0 Å². The Morgan fingerprint density at radius 3 is 2.49 bits per heavy atom. The molecule has 2 aliphatic rings. The Bertz CT molecular complexity index is 1850. The van der Waals surface area contributed by atoms with Gasteiger partial charge in [-0.25, -0.2) is 0 Å². The highest BCUT2D eigenvalue weighted by Crippen LogP contribution is 2.52. The number of benzene rings is 4. The van der Waals surface area contributed by atoms with Crippen molar-refractivity contribution in [2.45, 2.75) is 39.3 Å². The van der Waals surface area contributed by atoms with Crippen LogP contribution in [-0.2, 0) is 11.3 Å². The van der Waals surface area contributed by atoms with Gasteiger partial charge in [-0.3, -0.25) is 4.79 Å². The van der Waals surface area contributed by atoms with E-state index in [1.54, 1.807) is 0 Å². The molecular weight excluding hydrogens is 523 g/mol. The standard InChI is InChI=1S/C34H28Cl2N2O/c1-34(2)16-24-31-22-8-4-3-7-21(22)12-14-28(31)37-33(32(24)30(39)17-34)25-19-38(29-10-6-5-9-23(25)29)18-20-11-13-26(35)27(36)15-20/h3-15,19,33,37H,16-18H2,1-2H3/t33-/m1/s1. The number of hydrogen-bond donors (Lipinski definition) is 1. The van der Waals surface area contributed by atoms with Gasteiger partial charge < -0.3 is 9.88 Å². The first-order chi connectivity index (χ1) is 18.8. The number of hydrogen-bond acceptors (Lipinski definition) is 2. The van der Waals surface area contributed by atoms with Crippen LogP contribution in [0.15, 0.2) is 90.6 Å². The first-order valence-corrected chi connectivity index (χ1v) is 14.1. The maximum atomic E-state index is 13.9. The maximum Gasteiger partial charge on any atom is 0.162 e. The number of halogens is 2. The normalized spacial score (nSPS) is 18.3. The van der Waals surface area contributed by atoms with E-state index in [9.17, 15) is 4.79 Å². The van der Waals surface area contributed by atoms with Crippen molar-refractivity contribution < 1.29 is 4.79 Å². The third kappa shape index (κ3) is 4.07. The second-order valence-electron chi connectivity index (χ2n) is 11.6. The number of para-hydroxylation sites is 1. The number of carbonyl (C=O) groups excluding carboxylic acids is 1. The van der Waals surface area contributed by atoms with Crippen molar-refractivity contribution >= 4 is 61.9 Å². The highest BCUT2D eigenvalue weighted by Gasteiger charge is 2.41. The zero-order valence-electron chi connectivity index (χ0n) is 21.9. The summed E-state index contributed by atoms with van der Waals surface area (Å²) in [6, 6.07) is 26.8. The Morgan fingerprint density at radius 2 is 1.67 bits per heavy atom. The van der Waals surface area contributed by atoms with Gasteiger partial charge in [-0.05, 0) is 58.0 Å². The molecule has 0 fully saturated rings. The molecule has 0 radical (unpaired) electrons. The summed E-state index contributed by atoms with van der Waals surface area (Å²) in [5.74, 6) is 0.235. The quantitative estimate of drug-likeness (QED) is 0.242. The lowest BCUT2D eigenvalue weighted by Gasteiger charge is -2.40. The van der Waals surface area contributed by atoms with Crippen LogP contribution in [0.3, 0.4) is 0 Å².